The number of aliphatic imine (C=N–C) groups is 1. The van der Waals surface area contributed by atoms with Crippen molar-refractivity contribution in [3.05, 3.63) is 0 Å². The lowest BCUT2D eigenvalue weighted by molar-refractivity contribution is 0.309. The number of nitrogens with one attached hydrogen (secondary N) is 2. The van der Waals surface area contributed by atoms with Gasteiger partial charge in [-0.15, -0.1) is 0 Å². The van der Waals surface area contributed by atoms with Crippen LogP contribution in [-0.4, -0.2) is 50.1 Å². The van der Waals surface area contributed by atoms with Gasteiger partial charge >= 0.3 is 0 Å². The normalized spacial score (nSPS) is 27.6. The molecule has 0 aromatic heterocycles. The molecule has 4 heteroatoms. The summed E-state index contributed by atoms with van der Waals surface area (Å²) in [5, 5.41) is 6.99. The van der Waals surface area contributed by atoms with Crippen molar-refractivity contribution in [3.63, 3.8) is 0 Å². The third-order valence-corrected chi connectivity index (χ3v) is 4.10. The van der Waals surface area contributed by atoms with E-state index in [1.54, 1.807) is 0 Å². The topological polar surface area (TPSA) is 39.7 Å². The largest absolute Gasteiger partial charge is 0.355 e. The Labute approximate surface area is 105 Å². The summed E-state index contributed by atoms with van der Waals surface area (Å²) in [4.78, 5) is 6.75. The summed E-state index contributed by atoms with van der Waals surface area (Å²) in [6.45, 7) is 2.25. The van der Waals surface area contributed by atoms with Crippen molar-refractivity contribution in [1.82, 2.24) is 15.5 Å². The van der Waals surface area contributed by atoms with E-state index in [1.807, 2.05) is 7.05 Å². The fourth-order valence-corrected chi connectivity index (χ4v) is 2.91. The molecule has 17 heavy (non-hydrogen) atoms. The van der Waals surface area contributed by atoms with Gasteiger partial charge in [0, 0.05) is 25.7 Å². The minimum Gasteiger partial charge on any atom is -0.355 e. The van der Waals surface area contributed by atoms with Gasteiger partial charge in [0.05, 0.1) is 0 Å². The highest BCUT2D eigenvalue weighted by atomic mass is 15.2. The molecule has 0 aromatic carbocycles. The van der Waals surface area contributed by atoms with Crippen LogP contribution in [0.2, 0.25) is 0 Å². The summed E-state index contributed by atoms with van der Waals surface area (Å²) < 4.78 is 0. The number of nitrogens with zero attached hydrogens (tertiary/aromatic N) is 2. The molecule has 2 aliphatic rings. The highest BCUT2D eigenvalue weighted by molar-refractivity contribution is 5.80. The van der Waals surface area contributed by atoms with E-state index >= 15 is 0 Å². The monoisotopic (exact) mass is 238 g/mol. The quantitative estimate of drug-likeness (QED) is 0.573. The molecule has 1 heterocycles. The maximum atomic E-state index is 4.31. The molecule has 98 valence electrons. The third kappa shape index (κ3) is 3.60. The van der Waals surface area contributed by atoms with Gasteiger partial charge in [-0.25, -0.2) is 0 Å². The van der Waals surface area contributed by atoms with E-state index in [2.05, 4.69) is 27.6 Å². The van der Waals surface area contributed by atoms with Crippen molar-refractivity contribution >= 4 is 5.96 Å². The third-order valence-electron chi connectivity index (χ3n) is 4.10. The lowest BCUT2D eigenvalue weighted by Crippen LogP contribution is -2.46. The Morgan fingerprint density at radius 3 is 2.59 bits per heavy atom. The first-order chi connectivity index (χ1) is 8.29. The Hall–Kier alpha value is -0.770. The second kappa shape index (κ2) is 6.24. The van der Waals surface area contributed by atoms with Crippen LogP contribution in [0, 0.1) is 0 Å². The minimum atomic E-state index is 0.641. The van der Waals surface area contributed by atoms with Crippen LogP contribution >= 0.6 is 0 Å². The molecular formula is C13H26N4. The Morgan fingerprint density at radius 1 is 1.24 bits per heavy atom. The van der Waals surface area contributed by atoms with Gasteiger partial charge in [0.1, 0.15) is 0 Å². The number of hydrogen-bond donors (Lipinski definition) is 2. The molecule has 2 fully saturated rings. The summed E-state index contributed by atoms with van der Waals surface area (Å²) in [6, 6.07) is 1.32. The zero-order valence-electron chi connectivity index (χ0n) is 11.2. The lowest BCUT2D eigenvalue weighted by Gasteiger charge is -2.22. The van der Waals surface area contributed by atoms with Gasteiger partial charge in [-0.1, -0.05) is 12.8 Å². The van der Waals surface area contributed by atoms with Crippen LogP contribution < -0.4 is 10.6 Å². The average Bonchev–Trinajstić information content (AvgIpc) is 2.96. The molecular weight excluding hydrogens is 212 g/mol. The molecule has 2 rings (SSSR count). The molecule has 0 bridgehead atoms. The first-order valence-corrected chi connectivity index (χ1v) is 6.97. The van der Waals surface area contributed by atoms with Crippen LogP contribution in [0.1, 0.15) is 38.5 Å². The van der Waals surface area contributed by atoms with Crippen LogP contribution in [0.15, 0.2) is 4.99 Å². The van der Waals surface area contributed by atoms with Crippen LogP contribution in [0.25, 0.3) is 0 Å². The molecule has 1 aliphatic heterocycles. The first kappa shape index (κ1) is 12.7. The number of rotatable bonds is 3. The number of hydrogen-bond acceptors (Lipinski definition) is 2. The summed E-state index contributed by atoms with van der Waals surface area (Å²) in [7, 11) is 4.08. The Kier molecular flexibility index (Phi) is 4.66. The zero-order chi connectivity index (χ0) is 12.1. The summed E-state index contributed by atoms with van der Waals surface area (Å²) in [5.74, 6) is 0.984. The Balaban J connectivity index is 1.71. The molecule has 0 aromatic rings. The highest BCUT2D eigenvalue weighted by Gasteiger charge is 2.21. The molecule has 1 atom stereocenters. The smallest absolute Gasteiger partial charge is 0.191 e. The van der Waals surface area contributed by atoms with E-state index < -0.39 is 0 Å². The van der Waals surface area contributed by atoms with Crippen molar-refractivity contribution in [3.8, 4) is 0 Å². The average molecular weight is 238 g/mol. The molecule has 4 nitrogen and oxygen atoms in total. The SMILES string of the molecule is CN=C(NCC1CCCN1C)NC1CCCC1. The minimum absolute atomic E-state index is 0.641. The molecule has 1 saturated carbocycles. The van der Waals surface area contributed by atoms with E-state index in [4.69, 9.17) is 0 Å². The van der Waals surface area contributed by atoms with Gasteiger partial charge < -0.3 is 15.5 Å². The Bertz CT molecular complexity index is 258. The van der Waals surface area contributed by atoms with Crippen molar-refractivity contribution < 1.29 is 0 Å². The van der Waals surface area contributed by atoms with Crippen LogP contribution in [0.4, 0.5) is 0 Å². The number of guanidine groups is 1. The van der Waals surface area contributed by atoms with Gasteiger partial charge in [-0.3, -0.25) is 4.99 Å². The van der Waals surface area contributed by atoms with Gasteiger partial charge in [0.2, 0.25) is 0 Å². The second-order valence-electron chi connectivity index (χ2n) is 5.36. The highest BCUT2D eigenvalue weighted by Crippen LogP contribution is 2.17. The molecule has 0 radical (unpaired) electrons. The van der Waals surface area contributed by atoms with E-state index in [0.29, 0.717) is 12.1 Å². The van der Waals surface area contributed by atoms with Crippen molar-refractivity contribution in [2.45, 2.75) is 50.6 Å². The van der Waals surface area contributed by atoms with E-state index in [1.165, 1.54) is 45.1 Å². The van der Waals surface area contributed by atoms with E-state index in [-0.39, 0.29) is 0 Å². The fraction of sp³-hybridized carbons (Fsp3) is 0.923. The lowest BCUT2D eigenvalue weighted by atomic mass is 10.2. The maximum absolute atomic E-state index is 4.31. The van der Waals surface area contributed by atoms with Crippen LogP contribution in [0.5, 0.6) is 0 Å². The van der Waals surface area contributed by atoms with Gasteiger partial charge in [0.15, 0.2) is 5.96 Å². The molecule has 0 amide bonds. The Morgan fingerprint density at radius 2 is 2.00 bits per heavy atom. The molecule has 2 N–H and O–H groups in total. The molecule has 1 aliphatic carbocycles. The van der Waals surface area contributed by atoms with Gasteiger partial charge in [0.25, 0.3) is 0 Å². The summed E-state index contributed by atoms with van der Waals surface area (Å²) in [6.07, 6.45) is 7.95. The standard InChI is InChI=1S/C13H26N4/c1-14-13(16-11-6-3-4-7-11)15-10-12-8-5-9-17(12)2/h11-12H,3-10H2,1-2H3,(H2,14,15,16). The predicted octanol–water partition coefficient (Wildman–Crippen LogP) is 1.19. The van der Waals surface area contributed by atoms with Crippen molar-refractivity contribution in [2.24, 2.45) is 4.99 Å². The van der Waals surface area contributed by atoms with Crippen molar-refractivity contribution in [1.29, 1.82) is 0 Å². The van der Waals surface area contributed by atoms with Crippen molar-refractivity contribution in [2.75, 3.05) is 27.2 Å². The summed E-state index contributed by atoms with van der Waals surface area (Å²) >= 11 is 0. The zero-order valence-corrected chi connectivity index (χ0v) is 11.2. The van der Waals surface area contributed by atoms with Gasteiger partial charge in [-0.2, -0.15) is 0 Å². The predicted molar refractivity (Wildman–Crippen MR) is 72.4 cm³/mol. The van der Waals surface area contributed by atoms with E-state index in [0.717, 1.165) is 12.5 Å². The fourth-order valence-electron chi connectivity index (χ4n) is 2.91. The first-order valence-electron chi connectivity index (χ1n) is 6.97. The summed E-state index contributed by atoms with van der Waals surface area (Å²) in [5.41, 5.74) is 0. The molecule has 1 unspecified atom stereocenters. The molecule has 1 saturated heterocycles. The van der Waals surface area contributed by atoms with Gasteiger partial charge in [-0.05, 0) is 39.3 Å². The maximum Gasteiger partial charge on any atom is 0.191 e. The second-order valence-corrected chi connectivity index (χ2v) is 5.36. The van der Waals surface area contributed by atoms with E-state index in [9.17, 15) is 0 Å². The molecule has 0 spiro atoms. The number of likely N-dealkylation sites (N-methyl/N-ethyl adjacent to an activating group) is 1. The number of likely N-dealkylation sites (tertiary alicyclic amines) is 1. The van der Waals surface area contributed by atoms with Crippen LogP contribution in [0.3, 0.4) is 0 Å². The van der Waals surface area contributed by atoms with Crippen LogP contribution in [-0.2, 0) is 0 Å².